The van der Waals surface area contributed by atoms with Gasteiger partial charge in [-0.15, -0.1) is 10.2 Å². The molecule has 1 aromatic heterocycles. The predicted octanol–water partition coefficient (Wildman–Crippen LogP) is 1.69. The molecule has 2 amide bonds. The second kappa shape index (κ2) is 7.92. The first-order chi connectivity index (χ1) is 11.8. The summed E-state index contributed by atoms with van der Waals surface area (Å²) in [5, 5.41) is 20.1. The molecule has 0 saturated carbocycles. The maximum Gasteiger partial charge on any atom is 0.317 e. The first-order valence-corrected chi connectivity index (χ1v) is 8.27. The van der Waals surface area contributed by atoms with Gasteiger partial charge in [-0.25, -0.2) is 4.79 Å². The lowest BCUT2D eigenvalue weighted by Crippen LogP contribution is -2.46. The Hall–Kier alpha value is -2.41. The van der Waals surface area contributed by atoms with Crippen molar-refractivity contribution in [3.63, 3.8) is 0 Å². The van der Waals surface area contributed by atoms with Gasteiger partial charge in [0.2, 0.25) is 11.8 Å². The quantitative estimate of drug-likeness (QED) is 0.870. The molecule has 0 aliphatic carbocycles. The Morgan fingerprint density at radius 2 is 2.17 bits per heavy atom. The van der Waals surface area contributed by atoms with E-state index in [1.807, 2.05) is 30.3 Å². The van der Waals surface area contributed by atoms with Crippen LogP contribution in [0.2, 0.25) is 0 Å². The highest BCUT2D eigenvalue weighted by Gasteiger charge is 2.22. The molecule has 1 unspecified atom stereocenters. The van der Waals surface area contributed by atoms with Crippen LogP contribution in [0.3, 0.4) is 0 Å². The van der Waals surface area contributed by atoms with Crippen molar-refractivity contribution in [2.24, 2.45) is 5.92 Å². The molecule has 1 aromatic carbocycles. The highest BCUT2D eigenvalue weighted by molar-refractivity contribution is 5.74. The normalized spacial score (nSPS) is 17.7. The van der Waals surface area contributed by atoms with Crippen LogP contribution in [0.1, 0.15) is 18.7 Å². The number of aliphatic hydroxyl groups excluding tert-OH is 1. The van der Waals surface area contributed by atoms with Crippen LogP contribution in [0.5, 0.6) is 0 Å². The van der Waals surface area contributed by atoms with Gasteiger partial charge in [0.1, 0.15) is 0 Å². The van der Waals surface area contributed by atoms with E-state index in [9.17, 15) is 9.90 Å². The molecule has 2 heterocycles. The molecule has 2 N–H and O–H groups in total. The average Bonchev–Trinajstić information content (AvgIpc) is 3.11. The smallest absolute Gasteiger partial charge is 0.317 e. The molecule has 128 valence electrons. The lowest BCUT2D eigenvalue weighted by Gasteiger charge is -2.31. The fourth-order valence-electron chi connectivity index (χ4n) is 2.84. The lowest BCUT2D eigenvalue weighted by molar-refractivity contribution is 0.129. The van der Waals surface area contributed by atoms with Crippen LogP contribution >= 0.6 is 0 Å². The molecular formula is C17H22N4O3. The van der Waals surface area contributed by atoms with Crippen LogP contribution in [-0.4, -0.2) is 52.5 Å². The molecule has 7 nitrogen and oxygen atoms in total. The van der Waals surface area contributed by atoms with E-state index in [0.29, 0.717) is 31.3 Å². The molecule has 1 aliphatic rings. The molecule has 2 aromatic rings. The van der Waals surface area contributed by atoms with Crippen LogP contribution in [-0.2, 0) is 6.42 Å². The number of hydrogen-bond acceptors (Lipinski definition) is 5. The minimum Gasteiger partial charge on any atom is -0.421 e. The molecule has 1 atom stereocenters. The van der Waals surface area contributed by atoms with Crippen molar-refractivity contribution in [3.8, 4) is 11.5 Å². The number of aliphatic hydroxyl groups is 1. The number of carbonyl (C=O) groups excluding carboxylic acids is 1. The Labute approximate surface area is 140 Å². The maximum absolute atomic E-state index is 12.1. The number of nitrogens with one attached hydrogen (secondary N) is 1. The summed E-state index contributed by atoms with van der Waals surface area (Å²) < 4.78 is 5.61. The molecule has 7 heteroatoms. The summed E-state index contributed by atoms with van der Waals surface area (Å²) in [6.07, 6.45) is 2.40. The minimum atomic E-state index is -0.101. The zero-order chi connectivity index (χ0) is 16.8. The van der Waals surface area contributed by atoms with Gasteiger partial charge in [0.05, 0.1) is 0 Å². The van der Waals surface area contributed by atoms with Crippen LogP contribution in [0.4, 0.5) is 4.79 Å². The number of aromatic nitrogens is 2. The number of piperidine rings is 1. The third kappa shape index (κ3) is 4.11. The van der Waals surface area contributed by atoms with Crippen LogP contribution < -0.4 is 5.32 Å². The number of rotatable bonds is 5. The highest BCUT2D eigenvalue weighted by Crippen LogP contribution is 2.17. The van der Waals surface area contributed by atoms with Gasteiger partial charge in [-0.2, -0.15) is 0 Å². The van der Waals surface area contributed by atoms with E-state index in [-0.39, 0.29) is 18.6 Å². The van der Waals surface area contributed by atoms with Gasteiger partial charge < -0.3 is 19.7 Å². The molecule has 3 rings (SSSR count). The van der Waals surface area contributed by atoms with Gasteiger partial charge in [-0.3, -0.25) is 0 Å². The standard InChI is InChI=1S/C17H22N4O3/c22-12-13-5-4-10-21(11-13)17(23)18-9-8-15-19-20-16(24-15)14-6-2-1-3-7-14/h1-3,6-7,13,22H,4-5,8-12H2,(H,18,23). The van der Waals surface area contributed by atoms with Crippen molar-refractivity contribution in [1.29, 1.82) is 0 Å². The van der Waals surface area contributed by atoms with Crippen LogP contribution in [0.15, 0.2) is 34.7 Å². The van der Waals surface area contributed by atoms with E-state index in [1.165, 1.54) is 0 Å². The largest absolute Gasteiger partial charge is 0.421 e. The number of carbonyl (C=O) groups is 1. The van der Waals surface area contributed by atoms with Gasteiger partial charge in [-0.05, 0) is 30.9 Å². The van der Waals surface area contributed by atoms with Crippen molar-refractivity contribution < 1.29 is 14.3 Å². The van der Waals surface area contributed by atoms with E-state index < -0.39 is 0 Å². The Kier molecular flexibility index (Phi) is 5.43. The average molecular weight is 330 g/mol. The summed E-state index contributed by atoms with van der Waals surface area (Å²) in [4.78, 5) is 13.9. The van der Waals surface area contributed by atoms with Gasteiger partial charge in [-0.1, -0.05) is 18.2 Å². The number of hydrogen-bond donors (Lipinski definition) is 2. The second-order valence-electron chi connectivity index (χ2n) is 5.99. The van der Waals surface area contributed by atoms with E-state index in [0.717, 1.165) is 24.9 Å². The first-order valence-electron chi connectivity index (χ1n) is 8.27. The molecule has 24 heavy (non-hydrogen) atoms. The Morgan fingerprint density at radius 3 is 2.96 bits per heavy atom. The van der Waals surface area contributed by atoms with E-state index in [4.69, 9.17) is 4.42 Å². The summed E-state index contributed by atoms with van der Waals surface area (Å²) in [6, 6.07) is 9.48. The topological polar surface area (TPSA) is 91.5 Å². The SMILES string of the molecule is O=C(NCCc1nnc(-c2ccccc2)o1)N1CCCC(CO)C1. The van der Waals surface area contributed by atoms with Crippen molar-refractivity contribution in [2.75, 3.05) is 26.2 Å². The lowest BCUT2D eigenvalue weighted by atomic mass is 9.99. The fourth-order valence-corrected chi connectivity index (χ4v) is 2.84. The molecule has 0 spiro atoms. The summed E-state index contributed by atoms with van der Waals surface area (Å²) in [5.74, 6) is 1.17. The monoisotopic (exact) mass is 330 g/mol. The number of benzene rings is 1. The summed E-state index contributed by atoms with van der Waals surface area (Å²) in [6.45, 7) is 1.92. The zero-order valence-electron chi connectivity index (χ0n) is 13.5. The summed E-state index contributed by atoms with van der Waals surface area (Å²) >= 11 is 0. The Balaban J connectivity index is 1.46. The third-order valence-electron chi connectivity index (χ3n) is 4.17. The first kappa shape index (κ1) is 16.4. The second-order valence-corrected chi connectivity index (χ2v) is 5.99. The van der Waals surface area contributed by atoms with E-state index in [1.54, 1.807) is 4.90 Å². The van der Waals surface area contributed by atoms with Crippen molar-refractivity contribution in [3.05, 3.63) is 36.2 Å². The summed E-state index contributed by atoms with van der Waals surface area (Å²) in [5.41, 5.74) is 0.878. The van der Waals surface area contributed by atoms with Crippen molar-refractivity contribution >= 4 is 6.03 Å². The maximum atomic E-state index is 12.1. The highest BCUT2D eigenvalue weighted by atomic mass is 16.4. The Morgan fingerprint density at radius 1 is 1.33 bits per heavy atom. The number of amides is 2. The molecule has 0 bridgehead atoms. The summed E-state index contributed by atoms with van der Waals surface area (Å²) in [7, 11) is 0. The molecule has 1 aliphatic heterocycles. The number of likely N-dealkylation sites (tertiary alicyclic amines) is 1. The van der Waals surface area contributed by atoms with Crippen molar-refractivity contribution in [2.45, 2.75) is 19.3 Å². The predicted molar refractivity (Wildman–Crippen MR) is 88.2 cm³/mol. The molecular weight excluding hydrogens is 308 g/mol. The number of nitrogens with zero attached hydrogens (tertiary/aromatic N) is 3. The van der Waals surface area contributed by atoms with Gasteiger partial charge in [0.15, 0.2) is 0 Å². The zero-order valence-corrected chi connectivity index (χ0v) is 13.5. The molecule has 0 radical (unpaired) electrons. The van der Waals surface area contributed by atoms with Gasteiger partial charge in [0.25, 0.3) is 0 Å². The van der Waals surface area contributed by atoms with Gasteiger partial charge >= 0.3 is 6.03 Å². The van der Waals surface area contributed by atoms with E-state index >= 15 is 0 Å². The van der Waals surface area contributed by atoms with E-state index in [2.05, 4.69) is 15.5 Å². The molecule has 1 fully saturated rings. The van der Waals surface area contributed by atoms with Gasteiger partial charge in [0, 0.05) is 38.2 Å². The van der Waals surface area contributed by atoms with Crippen molar-refractivity contribution in [1.82, 2.24) is 20.4 Å². The van der Waals surface area contributed by atoms with Crippen LogP contribution in [0, 0.1) is 5.92 Å². The third-order valence-corrected chi connectivity index (χ3v) is 4.17. The minimum absolute atomic E-state index is 0.101. The Bertz CT molecular complexity index is 659. The fraction of sp³-hybridized carbons (Fsp3) is 0.471. The number of urea groups is 1. The molecule has 1 saturated heterocycles. The van der Waals surface area contributed by atoms with Crippen LogP contribution in [0.25, 0.3) is 11.5 Å².